The van der Waals surface area contributed by atoms with Crippen LogP contribution in [-0.2, 0) is 4.79 Å². The molecule has 11 nitrogen and oxygen atoms in total. The second kappa shape index (κ2) is 6.43. The van der Waals surface area contributed by atoms with Gasteiger partial charge in [0.1, 0.15) is 12.2 Å². The lowest BCUT2D eigenvalue weighted by molar-refractivity contribution is -0.389. The molecule has 0 radical (unpaired) electrons. The van der Waals surface area contributed by atoms with Crippen LogP contribution in [0.5, 0.6) is 0 Å². The fourth-order valence-electron chi connectivity index (χ4n) is 1.67. The molecule has 0 aliphatic rings. The number of nitrogens with zero attached hydrogens (tertiary/aromatic N) is 1. The standard InChI is InChI=1S/C12H11N5O6/c18-10(19)5-14-11(20)8-3-6(4-13-8)15-12(21)7-1-2-9(16-7)17(22)23/h1-4,13,16H,5H2,(H,14,20)(H,15,21)(H,18,19). The summed E-state index contributed by atoms with van der Waals surface area (Å²) >= 11 is 0. The van der Waals surface area contributed by atoms with Gasteiger partial charge in [0.15, 0.2) is 5.69 Å². The first-order chi connectivity index (χ1) is 10.9. The van der Waals surface area contributed by atoms with E-state index in [1.807, 2.05) is 0 Å². The largest absolute Gasteiger partial charge is 0.480 e. The van der Waals surface area contributed by atoms with Gasteiger partial charge in [0.05, 0.1) is 5.69 Å². The smallest absolute Gasteiger partial charge is 0.322 e. The number of aromatic nitrogens is 2. The monoisotopic (exact) mass is 321 g/mol. The summed E-state index contributed by atoms with van der Waals surface area (Å²) in [4.78, 5) is 48.6. The number of carbonyl (C=O) groups is 3. The molecule has 0 aromatic carbocycles. The van der Waals surface area contributed by atoms with Crippen LogP contribution in [0.4, 0.5) is 11.5 Å². The molecular formula is C12H11N5O6. The molecule has 11 heteroatoms. The van der Waals surface area contributed by atoms with Crippen LogP contribution in [0.2, 0.25) is 0 Å². The van der Waals surface area contributed by atoms with Crippen molar-refractivity contribution < 1.29 is 24.4 Å². The van der Waals surface area contributed by atoms with Gasteiger partial charge < -0.3 is 30.8 Å². The summed E-state index contributed by atoms with van der Waals surface area (Å²) in [7, 11) is 0. The Bertz CT molecular complexity index is 777. The van der Waals surface area contributed by atoms with Gasteiger partial charge in [-0.25, -0.2) is 4.98 Å². The van der Waals surface area contributed by atoms with Crippen LogP contribution in [0.15, 0.2) is 24.4 Å². The minimum Gasteiger partial charge on any atom is -0.480 e. The zero-order chi connectivity index (χ0) is 17.0. The lowest BCUT2D eigenvalue weighted by atomic mass is 10.3. The Morgan fingerprint density at radius 1 is 1.22 bits per heavy atom. The van der Waals surface area contributed by atoms with Crippen LogP contribution in [-0.4, -0.2) is 44.3 Å². The van der Waals surface area contributed by atoms with Crippen molar-refractivity contribution in [2.24, 2.45) is 0 Å². The molecule has 0 aliphatic heterocycles. The highest BCUT2D eigenvalue weighted by molar-refractivity contribution is 6.04. The lowest BCUT2D eigenvalue weighted by Crippen LogP contribution is -2.29. The molecule has 0 unspecified atom stereocenters. The Morgan fingerprint density at radius 2 is 1.96 bits per heavy atom. The Morgan fingerprint density at radius 3 is 2.57 bits per heavy atom. The number of rotatable bonds is 6. The molecule has 2 heterocycles. The summed E-state index contributed by atoms with van der Waals surface area (Å²) in [5, 5.41) is 23.6. The molecule has 2 aromatic heterocycles. The molecule has 2 rings (SSSR count). The van der Waals surface area contributed by atoms with Gasteiger partial charge in [-0.2, -0.15) is 0 Å². The first-order valence-corrected chi connectivity index (χ1v) is 6.20. The molecule has 23 heavy (non-hydrogen) atoms. The molecule has 2 aromatic rings. The molecule has 2 amide bonds. The summed E-state index contributed by atoms with van der Waals surface area (Å²) in [6.07, 6.45) is 1.32. The first kappa shape index (κ1) is 15.8. The maximum absolute atomic E-state index is 11.9. The van der Waals surface area contributed by atoms with Crippen molar-refractivity contribution >= 4 is 29.3 Å². The van der Waals surface area contributed by atoms with E-state index < -0.39 is 29.3 Å². The fraction of sp³-hybridized carbons (Fsp3) is 0.0833. The van der Waals surface area contributed by atoms with E-state index in [9.17, 15) is 24.5 Å². The molecular weight excluding hydrogens is 310 g/mol. The third-order valence-corrected chi connectivity index (χ3v) is 2.70. The van der Waals surface area contributed by atoms with Crippen molar-refractivity contribution in [3.63, 3.8) is 0 Å². The Hall–Kier alpha value is -3.63. The summed E-state index contributed by atoms with van der Waals surface area (Å²) in [6, 6.07) is 3.70. The van der Waals surface area contributed by atoms with Crippen molar-refractivity contribution in [2.45, 2.75) is 0 Å². The molecule has 5 N–H and O–H groups in total. The van der Waals surface area contributed by atoms with Crippen LogP contribution in [0.1, 0.15) is 21.0 Å². The zero-order valence-corrected chi connectivity index (χ0v) is 11.5. The van der Waals surface area contributed by atoms with Crippen LogP contribution >= 0.6 is 0 Å². The van der Waals surface area contributed by atoms with E-state index in [2.05, 4.69) is 20.6 Å². The summed E-state index contributed by atoms with van der Waals surface area (Å²) in [6.45, 7) is -0.536. The van der Waals surface area contributed by atoms with Crippen molar-refractivity contribution in [1.29, 1.82) is 0 Å². The number of nitro groups is 1. The van der Waals surface area contributed by atoms with Crippen LogP contribution in [0, 0.1) is 10.1 Å². The zero-order valence-electron chi connectivity index (χ0n) is 11.5. The number of carboxylic acids is 1. The number of H-pyrrole nitrogens is 2. The number of carbonyl (C=O) groups excluding carboxylic acids is 2. The van der Waals surface area contributed by atoms with Crippen molar-refractivity contribution in [1.82, 2.24) is 15.3 Å². The topological polar surface area (TPSA) is 170 Å². The average Bonchev–Trinajstić information content (AvgIpc) is 3.13. The van der Waals surface area contributed by atoms with Gasteiger partial charge in [0.25, 0.3) is 11.8 Å². The van der Waals surface area contributed by atoms with E-state index in [1.54, 1.807) is 0 Å². The van der Waals surface area contributed by atoms with Gasteiger partial charge in [-0.1, -0.05) is 0 Å². The van der Waals surface area contributed by atoms with Crippen LogP contribution in [0.3, 0.4) is 0 Å². The third kappa shape index (κ3) is 3.93. The quantitative estimate of drug-likeness (QED) is 0.378. The fourth-order valence-corrected chi connectivity index (χ4v) is 1.67. The highest BCUT2D eigenvalue weighted by Crippen LogP contribution is 2.14. The number of hydrogen-bond donors (Lipinski definition) is 5. The van der Waals surface area contributed by atoms with Gasteiger partial charge >= 0.3 is 11.8 Å². The van der Waals surface area contributed by atoms with E-state index in [4.69, 9.17) is 5.11 Å². The lowest BCUT2D eigenvalue weighted by Gasteiger charge is -1.99. The van der Waals surface area contributed by atoms with Crippen molar-refractivity contribution in [2.75, 3.05) is 11.9 Å². The highest BCUT2D eigenvalue weighted by Gasteiger charge is 2.17. The van der Waals surface area contributed by atoms with Gasteiger partial charge in [-0.3, -0.25) is 14.4 Å². The predicted molar refractivity (Wildman–Crippen MR) is 76.2 cm³/mol. The number of carboxylic acid groups (broad SMARTS) is 1. The SMILES string of the molecule is O=C(O)CNC(=O)c1cc(NC(=O)c2ccc([N+](=O)[O-])[nH]2)c[nH]1. The van der Waals surface area contributed by atoms with Crippen molar-refractivity contribution in [3.8, 4) is 0 Å². The Kier molecular flexibility index (Phi) is 4.40. The molecule has 0 saturated heterocycles. The Labute approximate surface area is 127 Å². The van der Waals surface area contributed by atoms with Gasteiger partial charge in [0, 0.05) is 12.3 Å². The summed E-state index contributed by atoms with van der Waals surface area (Å²) < 4.78 is 0. The predicted octanol–water partition coefficient (Wildman–Crippen LogP) is 0.318. The average molecular weight is 321 g/mol. The van der Waals surface area contributed by atoms with Crippen molar-refractivity contribution in [3.05, 3.63) is 45.9 Å². The Balaban J connectivity index is 2.00. The maximum atomic E-state index is 11.9. The summed E-state index contributed by atoms with van der Waals surface area (Å²) in [5.74, 6) is -2.79. The van der Waals surface area contributed by atoms with Gasteiger partial charge in [0.2, 0.25) is 0 Å². The van der Waals surface area contributed by atoms with E-state index in [-0.39, 0.29) is 22.9 Å². The first-order valence-electron chi connectivity index (χ1n) is 6.20. The molecule has 0 fully saturated rings. The summed E-state index contributed by atoms with van der Waals surface area (Å²) in [5.41, 5.74) is 0.279. The molecule has 0 aliphatic carbocycles. The number of amides is 2. The number of aromatic amines is 2. The van der Waals surface area contributed by atoms with Gasteiger partial charge in [-0.15, -0.1) is 0 Å². The minimum absolute atomic E-state index is 0.0187. The number of nitrogens with one attached hydrogen (secondary N) is 4. The molecule has 120 valence electrons. The highest BCUT2D eigenvalue weighted by atomic mass is 16.6. The third-order valence-electron chi connectivity index (χ3n) is 2.70. The number of aliphatic carboxylic acids is 1. The number of anilines is 1. The molecule has 0 saturated carbocycles. The molecule has 0 bridgehead atoms. The number of hydrogen-bond acceptors (Lipinski definition) is 5. The molecule has 0 atom stereocenters. The molecule has 0 spiro atoms. The van der Waals surface area contributed by atoms with Crippen LogP contribution < -0.4 is 10.6 Å². The van der Waals surface area contributed by atoms with Crippen LogP contribution in [0.25, 0.3) is 0 Å². The van der Waals surface area contributed by atoms with E-state index >= 15 is 0 Å². The maximum Gasteiger partial charge on any atom is 0.322 e. The second-order valence-electron chi connectivity index (χ2n) is 4.35. The normalized spacial score (nSPS) is 10.1. The van der Waals surface area contributed by atoms with E-state index in [0.717, 1.165) is 6.07 Å². The van der Waals surface area contributed by atoms with E-state index in [0.29, 0.717) is 0 Å². The van der Waals surface area contributed by atoms with E-state index in [1.165, 1.54) is 18.3 Å². The van der Waals surface area contributed by atoms with Gasteiger partial charge in [-0.05, 0) is 17.1 Å². The minimum atomic E-state index is -1.19. The second-order valence-corrected chi connectivity index (χ2v) is 4.35.